The van der Waals surface area contributed by atoms with Crippen LogP contribution in [-0.4, -0.2) is 64.1 Å². The van der Waals surface area contributed by atoms with Gasteiger partial charge in [0.2, 0.25) is 0 Å². The Bertz CT molecular complexity index is 1230. The van der Waals surface area contributed by atoms with E-state index in [1.807, 2.05) is 0 Å². The molecule has 0 spiro atoms. The molecule has 1 saturated carbocycles. The van der Waals surface area contributed by atoms with Crippen LogP contribution in [0.3, 0.4) is 0 Å². The molecule has 2 saturated heterocycles. The molecule has 2 aromatic carbocycles. The molecule has 2 unspecified atom stereocenters. The zero-order valence-electron chi connectivity index (χ0n) is 23.0. The van der Waals surface area contributed by atoms with Gasteiger partial charge in [-0.1, -0.05) is 79.4 Å². The summed E-state index contributed by atoms with van der Waals surface area (Å²) < 4.78 is 0. The summed E-state index contributed by atoms with van der Waals surface area (Å²) in [7, 11) is 0. The number of rotatable bonds is 7. The Kier molecular flexibility index (Phi) is 8.14. The summed E-state index contributed by atoms with van der Waals surface area (Å²) >= 11 is 1.76. The summed E-state index contributed by atoms with van der Waals surface area (Å²) in [5, 5.41) is 13.7. The first-order valence-corrected chi connectivity index (χ1v) is 15.7. The molecule has 1 aromatic heterocycles. The van der Waals surface area contributed by atoms with E-state index >= 15 is 0 Å². The van der Waals surface area contributed by atoms with Crippen molar-refractivity contribution in [3.05, 3.63) is 76.8 Å². The van der Waals surface area contributed by atoms with Gasteiger partial charge in [0.1, 0.15) is 11.0 Å². The van der Waals surface area contributed by atoms with Crippen LogP contribution < -0.4 is 0 Å². The molecule has 39 heavy (non-hydrogen) atoms. The quantitative estimate of drug-likeness (QED) is 0.355. The van der Waals surface area contributed by atoms with Crippen LogP contribution in [0.15, 0.2) is 60.0 Å². The third kappa shape index (κ3) is 5.84. The van der Waals surface area contributed by atoms with E-state index in [1.165, 1.54) is 41.6 Å². The topological polar surface area (TPSA) is 56.7 Å². The standard InChI is InChI=1S/C33H41N3O2S/c1-23-12-14-27(15-13-23)32-34-29(22-39-32)25-16-18-35(19-17-25)30-21-36(20-28(30)24-8-4-2-5-9-24)31(33(37)38)26-10-6-3-7-11-26/h2,4-5,8-9,12-15,22,25-26,28,30-31H,3,6-7,10-11,16-21H2,1H3,(H,37,38)/t28?,30?,31-/m1/s1. The van der Waals surface area contributed by atoms with E-state index in [-0.39, 0.29) is 12.0 Å². The average Bonchev–Trinajstić information content (AvgIpc) is 3.63. The van der Waals surface area contributed by atoms with E-state index in [2.05, 4.69) is 76.7 Å². The average molecular weight is 544 g/mol. The molecule has 0 radical (unpaired) electrons. The predicted molar refractivity (Wildman–Crippen MR) is 158 cm³/mol. The summed E-state index contributed by atoms with van der Waals surface area (Å²) in [6.07, 6.45) is 7.92. The minimum atomic E-state index is -0.624. The summed E-state index contributed by atoms with van der Waals surface area (Å²) in [6.45, 7) is 5.91. The Morgan fingerprint density at radius 2 is 1.67 bits per heavy atom. The molecule has 3 heterocycles. The highest BCUT2D eigenvalue weighted by atomic mass is 32.1. The lowest BCUT2D eigenvalue weighted by Crippen LogP contribution is -2.48. The zero-order chi connectivity index (χ0) is 26.8. The minimum absolute atomic E-state index is 0.282. The van der Waals surface area contributed by atoms with Gasteiger partial charge in [-0.2, -0.15) is 0 Å². The number of hydrogen-bond acceptors (Lipinski definition) is 5. The van der Waals surface area contributed by atoms with Crippen LogP contribution in [0.2, 0.25) is 0 Å². The predicted octanol–water partition coefficient (Wildman–Crippen LogP) is 6.80. The molecule has 1 aliphatic carbocycles. The van der Waals surface area contributed by atoms with Crippen molar-refractivity contribution in [1.29, 1.82) is 0 Å². The van der Waals surface area contributed by atoms with Crippen molar-refractivity contribution in [3.8, 4) is 10.6 Å². The summed E-state index contributed by atoms with van der Waals surface area (Å²) in [5.41, 5.74) is 5.07. The molecule has 3 aliphatic rings. The lowest BCUT2D eigenvalue weighted by atomic mass is 9.83. The molecule has 5 nitrogen and oxygen atoms in total. The summed E-state index contributed by atoms with van der Waals surface area (Å²) in [6, 6.07) is 19.5. The van der Waals surface area contributed by atoms with Crippen molar-refractivity contribution < 1.29 is 9.90 Å². The SMILES string of the molecule is Cc1ccc(-c2nc(C3CCN(C4CN([C@@H](C(=O)O)C5CCCCC5)CC4c4ccccc4)CC3)cs2)cc1. The first-order valence-electron chi connectivity index (χ1n) is 14.8. The number of likely N-dealkylation sites (tertiary alicyclic amines) is 2. The highest BCUT2D eigenvalue weighted by Crippen LogP contribution is 2.39. The van der Waals surface area contributed by atoms with Gasteiger partial charge in [-0.25, -0.2) is 4.98 Å². The number of carbonyl (C=O) groups is 1. The van der Waals surface area contributed by atoms with E-state index in [0.717, 1.165) is 56.9 Å². The number of carboxylic acid groups (broad SMARTS) is 1. The molecule has 0 bridgehead atoms. The molecule has 2 aliphatic heterocycles. The van der Waals surface area contributed by atoms with Crippen molar-refractivity contribution in [1.82, 2.24) is 14.8 Å². The maximum absolute atomic E-state index is 12.6. The Labute approximate surface area is 236 Å². The third-order valence-electron chi connectivity index (χ3n) is 9.53. The molecule has 3 atom stereocenters. The van der Waals surface area contributed by atoms with E-state index in [9.17, 15) is 9.90 Å². The number of aromatic nitrogens is 1. The maximum atomic E-state index is 12.6. The van der Waals surface area contributed by atoms with Crippen LogP contribution in [0.5, 0.6) is 0 Å². The smallest absolute Gasteiger partial charge is 0.321 e. The fourth-order valence-electron chi connectivity index (χ4n) is 7.38. The van der Waals surface area contributed by atoms with Crippen molar-refractivity contribution in [2.24, 2.45) is 5.92 Å². The number of hydrogen-bond donors (Lipinski definition) is 1. The Morgan fingerprint density at radius 1 is 0.949 bits per heavy atom. The van der Waals surface area contributed by atoms with Gasteiger partial charge in [0.15, 0.2) is 0 Å². The first-order chi connectivity index (χ1) is 19.1. The number of piperidine rings is 1. The number of benzene rings is 2. The number of aliphatic carboxylic acids is 1. The second-order valence-electron chi connectivity index (χ2n) is 12.0. The summed E-state index contributed by atoms with van der Waals surface area (Å²) in [4.78, 5) is 22.6. The highest BCUT2D eigenvalue weighted by Gasteiger charge is 2.45. The number of thiazole rings is 1. The number of carboxylic acids is 1. The largest absolute Gasteiger partial charge is 0.480 e. The molecule has 6 rings (SSSR count). The zero-order valence-corrected chi connectivity index (χ0v) is 23.9. The van der Waals surface area contributed by atoms with E-state index in [4.69, 9.17) is 4.98 Å². The van der Waals surface area contributed by atoms with E-state index < -0.39 is 5.97 Å². The van der Waals surface area contributed by atoms with Gasteiger partial charge in [-0.3, -0.25) is 14.6 Å². The molecule has 206 valence electrons. The maximum Gasteiger partial charge on any atom is 0.321 e. The molecule has 6 heteroatoms. The second-order valence-corrected chi connectivity index (χ2v) is 12.8. The van der Waals surface area contributed by atoms with Gasteiger partial charge in [-0.05, 0) is 57.2 Å². The number of aryl methyl sites for hydroxylation is 1. The second kappa shape index (κ2) is 11.9. The molecule has 3 aromatic rings. The molecule has 0 amide bonds. The van der Waals surface area contributed by atoms with Gasteiger partial charge >= 0.3 is 5.97 Å². The van der Waals surface area contributed by atoms with E-state index in [0.29, 0.717) is 17.9 Å². The van der Waals surface area contributed by atoms with Gasteiger partial charge in [0.25, 0.3) is 0 Å². The van der Waals surface area contributed by atoms with Crippen molar-refractivity contribution in [2.75, 3.05) is 26.2 Å². The fourth-order valence-corrected chi connectivity index (χ4v) is 8.28. The Balaban J connectivity index is 1.16. The minimum Gasteiger partial charge on any atom is -0.480 e. The van der Waals surface area contributed by atoms with Crippen molar-refractivity contribution >= 4 is 17.3 Å². The first kappa shape index (κ1) is 26.7. The third-order valence-corrected chi connectivity index (χ3v) is 10.4. The van der Waals surface area contributed by atoms with Crippen LogP contribution in [-0.2, 0) is 4.79 Å². The monoisotopic (exact) mass is 543 g/mol. The van der Waals surface area contributed by atoms with Crippen LogP contribution in [0.25, 0.3) is 10.6 Å². The normalized spacial score (nSPS) is 24.6. The van der Waals surface area contributed by atoms with Gasteiger partial charge < -0.3 is 5.11 Å². The van der Waals surface area contributed by atoms with Gasteiger partial charge in [0, 0.05) is 41.9 Å². The Morgan fingerprint density at radius 3 is 2.36 bits per heavy atom. The molecule has 3 fully saturated rings. The Hall–Kier alpha value is -2.54. The van der Waals surface area contributed by atoms with Crippen molar-refractivity contribution in [2.45, 2.75) is 75.8 Å². The van der Waals surface area contributed by atoms with E-state index in [1.54, 1.807) is 11.3 Å². The lowest BCUT2D eigenvalue weighted by molar-refractivity contribution is -0.145. The van der Waals surface area contributed by atoms with Gasteiger partial charge in [0.05, 0.1) is 5.69 Å². The van der Waals surface area contributed by atoms with Crippen LogP contribution >= 0.6 is 11.3 Å². The van der Waals surface area contributed by atoms with Gasteiger partial charge in [-0.15, -0.1) is 11.3 Å². The van der Waals surface area contributed by atoms with Crippen molar-refractivity contribution in [3.63, 3.8) is 0 Å². The summed E-state index contributed by atoms with van der Waals surface area (Å²) in [5.74, 6) is 0.504. The molecular weight excluding hydrogens is 502 g/mol. The lowest BCUT2D eigenvalue weighted by Gasteiger charge is -2.38. The van der Waals surface area contributed by atoms with Crippen LogP contribution in [0, 0.1) is 12.8 Å². The van der Waals surface area contributed by atoms with Crippen LogP contribution in [0.4, 0.5) is 0 Å². The molecular formula is C33H41N3O2S. The van der Waals surface area contributed by atoms with Crippen LogP contribution in [0.1, 0.15) is 73.6 Å². The number of nitrogens with zero attached hydrogens (tertiary/aromatic N) is 3. The highest BCUT2D eigenvalue weighted by molar-refractivity contribution is 7.13. The molecule has 1 N–H and O–H groups in total. The fraction of sp³-hybridized carbons (Fsp3) is 0.515.